The van der Waals surface area contributed by atoms with E-state index in [1.54, 1.807) is 0 Å². The average molecular weight is 1340 g/mol. The van der Waals surface area contributed by atoms with E-state index in [-0.39, 0.29) is 29.5 Å². The molecule has 95 heavy (non-hydrogen) atoms. The van der Waals surface area contributed by atoms with Gasteiger partial charge in [-0.15, -0.1) is 0 Å². The van der Waals surface area contributed by atoms with Gasteiger partial charge >= 0.3 is 0 Å². The first kappa shape index (κ1) is 92.2. The second kappa shape index (κ2) is 77.0. The third-order valence-electron chi connectivity index (χ3n) is 19.7. The summed E-state index contributed by atoms with van der Waals surface area (Å²) in [4.78, 5) is 73.8. The minimum Gasteiger partial charge on any atom is -0.356 e. The largest absolute Gasteiger partial charge is 0.356 e. The highest BCUT2D eigenvalue weighted by Gasteiger charge is 2.17. The molecule has 0 radical (unpaired) electrons. The van der Waals surface area contributed by atoms with E-state index in [1.807, 2.05) is 0 Å². The van der Waals surface area contributed by atoms with Crippen LogP contribution in [0.5, 0.6) is 0 Å². The Morgan fingerprint density at radius 3 is 0.537 bits per heavy atom. The minimum atomic E-state index is 0.0698. The van der Waals surface area contributed by atoms with Crippen LogP contribution in [0.1, 0.15) is 407 Å². The average Bonchev–Trinajstić information content (AvgIpc) is 2.36. The summed E-state index contributed by atoms with van der Waals surface area (Å²) in [5.41, 5.74) is 0. The van der Waals surface area contributed by atoms with Crippen molar-refractivity contribution >= 4 is 29.5 Å². The van der Waals surface area contributed by atoms with Crippen molar-refractivity contribution in [1.82, 2.24) is 41.3 Å². The Bertz CT molecular complexity index is 1600. The molecule has 5 N–H and O–H groups in total. The topological polar surface area (TPSA) is 155 Å². The summed E-state index contributed by atoms with van der Waals surface area (Å²) in [5.74, 6) is 0.492. The van der Waals surface area contributed by atoms with Crippen molar-refractivity contribution in [3.63, 3.8) is 0 Å². The fourth-order valence-corrected chi connectivity index (χ4v) is 13.1. The van der Waals surface area contributed by atoms with Gasteiger partial charge in [-0.3, -0.25) is 24.0 Å². The van der Waals surface area contributed by atoms with Crippen molar-refractivity contribution in [2.75, 3.05) is 91.6 Å². The molecule has 0 unspecified atom stereocenters. The van der Waals surface area contributed by atoms with Gasteiger partial charge in [-0.1, -0.05) is 330 Å². The maximum absolute atomic E-state index is 13.6. The van der Waals surface area contributed by atoms with Crippen LogP contribution < -0.4 is 26.6 Å². The van der Waals surface area contributed by atoms with Crippen LogP contribution in [0.2, 0.25) is 0 Å². The fourth-order valence-electron chi connectivity index (χ4n) is 13.1. The molecule has 13 heteroatoms. The second-order valence-electron chi connectivity index (χ2n) is 29.0. The number of nitrogens with one attached hydrogen (secondary N) is 5. The van der Waals surface area contributed by atoms with Crippen LogP contribution in [0.15, 0.2) is 0 Å². The van der Waals surface area contributed by atoms with E-state index in [0.717, 1.165) is 110 Å². The lowest BCUT2D eigenvalue weighted by molar-refractivity contribution is -0.122. The highest BCUT2D eigenvalue weighted by Crippen LogP contribution is 2.16. The normalized spacial score (nSPS) is 11.6. The second-order valence-corrected chi connectivity index (χ2v) is 29.0. The number of amides is 5. The quantitative estimate of drug-likeness (QED) is 0.0377. The van der Waals surface area contributed by atoms with Crippen LogP contribution in [-0.4, -0.2) is 136 Å². The number of unbranched alkanes of at least 4 members (excludes halogenated alkanes) is 47. The van der Waals surface area contributed by atoms with E-state index >= 15 is 0 Å². The molecule has 0 aliphatic carbocycles. The van der Waals surface area contributed by atoms with Crippen molar-refractivity contribution in [2.45, 2.75) is 407 Å². The number of rotatable bonds is 79. The fraction of sp³-hybridized carbons (Fsp3) is 0.939. The molecule has 0 saturated heterocycles. The van der Waals surface area contributed by atoms with Gasteiger partial charge in [0, 0.05) is 117 Å². The van der Waals surface area contributed by atoms with Gasteiger partial charge in [-0.2, -0.15) is 0 Å². The van der Waals surface area contributed by atoms with Crippen LogP contribution in [0, 0.1) is 0 Å². The number of hydrogen-bond donors (Lipinski definition) is 5. The van der Waals surface area contributed by atoms with Crippen molar-refractivity contribution in [1.29, 1.82) is 0 Å². The molecule has 0 aromatic rings. The highest BCUT2D eigenvalue weighted by atomic mass is 16.2. The van der Waals surface area contributed by atoms with Gasteiger partial charge in [0.25, 0.3) is 0 Å². The monoisotopic (exact) mass is 1340 g/mol. The third kappa shape index (κ3) is 72.3. The summed E-state index contributed by atoms with van der Waals surface area (Å²) in [7, 11) is 0. The van der Waals surface area contributed by atoms with Gasteiger partial charge in [-0.05, 0) is 51.5 Å². The van der Waals surface area contributed by atoms with Crippen LogP contribution in [0.25, 0.3) is 0 Å². The molecule has 0 saturated carbocycles. The lowest BCUT2D eigenvalue weighted by Crippen LogP contribution is -2.43. The Hall–Kier alpha value is -2.77. The zero-order valence-electron chi connectivity index (χ0n) is 64.3. The molecular formula is C82H164N8O5. The molecule has 0 bridgehead atoms. The predicted octanol–water partition coefficient (Wildman–Crippen LogP) is 20.2. The number of carbonyl (C=O) groups is 5. The minimum absolute atomic E-state index is 0.0698. The predicted molar refractivity (Wildman–Crippen MR) is 411 cm³/mol. The van der Waals surface area contributed by atoms with Gasteiger partial charge < -0.3 is 41.3 Å². The van der Waals surface area contributed by atoms with Crippen molar-refractivity contribution in [2.24, 2.45) is 0 Å². The molecule has 13 nitrogen and oxygen atoms in total. The van der Waals surface area contributed by atoms with E-state index in [4.69, 9.17) is 0 Å². The number of carbonyl (C=O) groups excluding carboxylic acids is 5. The maximum Gasteiger partial charge on any atom is 0.221 e. The molecule has 0 aromatic heterocycles. The summed E-state index contributed by atoms with van der Waals surface area (Å²) in [6, 6.07) is 0. The molecule has 562 valence electrons. The summed E-state index contributed by atoms with van der Waals surface area (Å²) in [5, 5.41) is 16.1. The van der Waals surface area contributed by atoms with Crippen LogP contribution >= 0.6 is 0 Å². The Kier molecular flexibility index (Phi) is 74.7. The zero-order chi connectivity index (χ0) is 69.1. The molecule has 0 spiro atoms. The Morgan fingerprint density at radius 2 is 0.326 bits per heavy atom. The first-order valence-electron chi connectivity index (χ1n) is 42.2. The maximum atomic E-state index is 13.6. The lowest BCUT2D eigenvalue weighted by atomic mass is 10.1. The smallest absolute Gasteiger partial charge is 0.221 e. The van der Waals surface area contributed by atoms with Crippen LogP contribution in [0.4, 0.5) is 0 Å². The zero-order valence-corrected chi connectivity index (χ0v) is 64.3. The number of nitrogens with zero attached hydrogens (tertiary/aromatic N) is 3. The van der Waals surface area contributed by atoms with Crippen molar-refractivity contribution in [3.05, 3.63) is 0 Å². The SMILES string of the molecule is CCCCCCCCCCCCNC(=O)CCCCCN(CCC(=O)NCCCCCCCCCCCC)CCN(CCC(=O)NCCCCCCCCCCCC)CCN(CCC(=O)NCCCCCCCCCCCC)CCC(=O)NCCCCCCCCCCCC. The Balaban J connectivity index is 6.02. The van der Waals surface area contributed by atoms with Crippen molar-refractivity contribution in [3.8, 4) is 0 Å². The van der Waals surface area contributed by atoms with E-state index in [1.165, 1.54) is 263 Å². The van der Waals surface area contributed by atoms with Gasteiger partial charge in [0.1, 0.15) is 0 Å². The molecule has 0 aliphatic rings. The molecule has 0 fully saturated rings. The molecule has 0 aliphatic heterocycles. The third-order valence-corrected chi connectivity index (χ3v) is 19.7. The standard InChI is InChI=1S/C82H164N8O5/c1-6-11-16-21-26-31-36-41-46-53-64-83-78(91)59-52-51-58-69-88(70-60-79(92)84-65-54-47-42-37-32-27-22-17-12-7-2)74-76-90(73-63-82(95)87-68-57-50-45-40-35-30-25-20-15-10-5)77-75-89(71-61-80(93)85-66-55-48-43-38-33-28-23-18-13-8-3)72-62-81(94)86-67-56-49-44-39-34-29-24-19-14-9-4/h6-77H2,1-5H3,(H,83,91)(H,84,92)(H,85,93)(H,86,94)(H,87,95). The first-order chi connectivity index (χ1) is 46.7. The molecule has 5 amide bonds. The molecule has 0 heterocycles. The Morgan fingerprint density at radius 1 is 0.168 bits per heavy atom. The summed E-state index contributed by atoms with van der Waals surface area (Å²) in [6.07, 6.45) is 68.4. The van der Waals surface area contributed by atoms with E-state index in [2.05, 4.69) is 75.9 Å². The first-order valence-corrected chi connectivity index (χ1v) is 42.2. The molecule has 0 atom stereocenters. The van der Waals surface area contributed by atoms with Crippen LogP contribution in [0.3, 0.4) is 0 Å². The lowest BCUT2D eigenvalue weighted by Gasteiger charge is -2.30. The summed E-state index contributed by atoms with van der Waals surface area (Å²) in [6.45, 7) is 21.1. The van der Waals surface area contributed by atoms with Gasteiger partial charge in [0.2, 0.25) is 29.5 Å². The van der Waals surface area contributed by atoms with Crippen molar-refractivity contribution < 1.29 is 24.0 Å². The Labute approximate surface area is 590 Å². The van der Waals surface area contributed by atoms with Gasteiger partial charge in [-0.25, -0.2) is 0 Å². The van der Waals surface area contributed by atoms with E-state index in [0.29, 0.717) is 91.0 Å². The van der Waals surface area contributed by atoms with E-state index in [9.17, 15) is 24.0 Å². The summed E-state index contributed by atoms with van der Waals surface area (Å²) >= 11 is 0. The summed E-state index contributed by atoms with van der Waals surface area (Å²) < 4.78 is 0. The van der Waals surface area contributed by atoms with Gasteiger partial charge in [0.15, 0.2) is 0 Å². The molecule has 0 rings (SSSR count). The molecule has 0 aromatic carbocycles. The number of hydrogen-bond acceptors (Lipinski definition) is 8. The van der Waals surface area contributed by atoms with Gasteiger partial charge in [0.05, 0.1) is 0 Å². The van der Waals surface area contributed by atoms with E-state index < -0.39 is 0 Å². The van der Waals surface area contributed by atoms with Crippen LogP contribution in [-0.2, 0) is 24.0 Å². The molecular weight excluding hydrogens is 1180 g/mol. The highest BCUT2D eigenvalue weighted by molar-refractivity contribution is 5.77.